The highest BCUT2D eigenvalue weighted by Crippen LogP contribution is 2.29. The maximum Gasteiger partial charge on any atom is 0.275 e. The fourth-order valence-electron chi connectivity index (χ4n) is 2.11. The second-order valence-electron chi connectivity index (χ2n) is 5.69. The van der Waals surface area contributed by atoms with Crippen molar-refractivity contribution < 1.29 is 9.53 Å². The Morgan fingerprint density at radius 1 is 1.20 bits per heavy atom. The minimum absolute atomic E-state index is 0.208. The molecule has 0 bridgehead atoms. The zero-order chi connectivity index (χ0) is 17.1. The highest BCUT2D eigenvalue weighted by molar-refractivity contribution is 6.02. The first-order valence-electron chi connectivity index (χ1n) is 7.85. The molecule has 9 nitrogen and oxygen atoms in total. The van der Waals surface area contributed by atoms with Gasteiger partial charge in [-0.05, 0) is 30.9 Å². The molecule has 0 aliphatic heterocycles. The summed E-state index contributed by atoms with van der Waals surface area (Å²) >= 11 is 0. The van der Waals surface area contributed by atoms with E-state index in [1.54, 1.807) is 18.5 Å². The van der Waals surface area contributed by atoms with Crippen LogP contribution in [0, 0.1) is 5.92 Å². The molecular weight excluding hydrogens is 322 g/mol. The van der Waals surface area contributed by atoms with Crippen LogP contribution in [0.5, 0.6) is 5.88 Å². The van der Waals surface area contributed by atoms with E-state index < -0.39 is 0 Å². The summed E-state index contributed by atoms with van der Waals surface area (Å²) in [5.41, 5.74) is 0.754. The van der Waals surface area contributed by atoms with Gasteiger partial charge in [-0.1, -0.05) is 0 Å². The maximum atomic E-state index is 12.2. The lowest BCUT2D eigenvalue weighted by atomic mass is 10.3. The van der Waals surface area contributed by atoms with Gasteiger partial charge >= 0.3 is 0 Å². The zero-order valence-corrected chi connectivity index (χ0v) is 13.2. The van der Waals surface area contributed by atoms with Gasteiger partial charge in [-0.25, -0.2) is 24.6 Å². The maximum absolute atomic E-state index is 12.2. The van der Waals surface area contributed by atoms with Crippen LogP contribution >= 0.6 is 0 Å². The zero-order valence-electron chi connectivity index (χ0n) is 13.2. The van der Waals surface area contributed by atoms with Crippen molar-refractivity contribution in [3.8, 4) is 11.7 Å². The molecule has 9 heteroatoms. The van der Waals surface area contributed by atoms with Gasteiger partial charge in [-0.3, -0.25) is 4.79 Å². The summed E-state index contributed by atoms with van der Waals surface area (Å²) in [4.78, 5) is 28.5. The molecule has 126 valence electrons. The van der Waals surface area contributed by atoms with E-state index in [4.69, 9.17) is 4.74 Å². The minimum Gasteiger partial charge on any atom is -0.476 e. The van der Waals surface area contributed by atoms with Crippen molar-refractivity contribution in [3.63, 3.8) is 0 Å². The largest absolute Gasteiger partial charge is 0.476 e. The normalized spacial score (nSPS) is 13.4. The number of carbonyl (C=O) groups excluding carboxylic acids is 1. The Morgan fingerprint density at radius 2 is 2.12 bits per heavy atom. The summed E-state index contributed by atoms with van der Waals surface area (Å²) in [7, 11) is 0. The predicted molar refractivity (Wildman–Crippen MR) is 87.4 cm³/mol. The van der Waals surface area contributed by atoms with Gasteiger partial charge in [0, 0.05) is 0 Å². The molecule has 0 saturated heterocycles. The van der Waals surface area contributed by atoms with E-state index in [2.05, 4.69) is 30.4 Å². The first kappa shape index (κ1) is 15.2. The van der Waals surface area contributed by atoms with Crippen molar-refractivity contribution >= 4 is 11.6 Å². The Balaban J connectivity index is 1.37. The van der Waals surface area contributed by atoms with Crippen LogP contribution in [0.1, 0.15) is 23.3 Å². The van der Waals surface area contributed by atoms with Gasteiger partial charge < -0.3 is 10.1 Å². The van der Waals surface area contributed by atoms with Crippen molar-refractivity contribution in [1.82, 2.24) is 29.7 Å². The number of anilines is 1. The van der Waals surface area contributed by atoms with E-state index in [0.717, 1.165) is 0 Å². The van der Waals surface area contributed by atoms with Gasteiger partial charge in [-0.2, -0.15) is 5.10 Å². The average molecular weight is 337 g/mol. The molecule has 1 aliphatic rings. The number of hydrogen-bond donors (Lipinski definition) is 1. The predicted octanol–water partition coefficient (Wildman–Crippen LogP) is 1.49. The summed E-state index contributed by atoms with van der Waals surface area (Å²) < 4.78 is 7.03. The molecule has 0 spiro atoms. The van der Waals surface area contributed by atoms with E-state index in [1.165, 1.54) is 42.4 Å². The highest BCUT2D eigenvalue weighted by Gasteiger charge is 2.22. The molecule has 1 aliphatic carbocycles. The van der Waals surface area contributed by atoms with Crippen LogP contribution in [0.2, 0.25) is 0 Å². The fraction of sp³-hybridized carbons (Fsp3) is 0.250. The third-order valence-electron chi connectivity index (χ3n) is 3.68. The third kappa shape index (κ3) is 3.77. The smallest absolute Gasteiger partial charge is 0.275 e. The molecule has 25 heavy (non-hydrogen) atoms. The second kappa shape index (κ2) is 6.63. The number of nitrogens with one attached hydrogen (secondary N) is 1. The van der Waals surface area contributed by atoms with Crippen molar-refractivity contribution in [3.05, 3.63) is 49.1 Å². The molecule has 1 saturated carbocycles. The standard InChI is InChI=1S/C16H15N7O2/c24-16(13-6-20-15(7-18-13)25-8-11-1-2-11)22-12-3-4-14(19-5-12)23-10-17-9-21-23/h3-7,9-11H,1-2,8H2,(H,22,24). The van der Waals surface area contributed by atoms with Gasteiger partial charge in [-0.15, -0.1) is 0 Å². The fourth-order valence-corrected chi connectivity index (χ4v) is 2.11. The highest BCUT2D eigenvalue weighted by atomic mass is 16.5. The van der Waals surface area contributed by atoms with Crippen LogP contribution in [0.25, 0.3) is 5.82 Å². The summed E-state index contributed by atoms with van der Waals surface area (Å²) in [6.45, 7) is 0.657. The van der Waals surface area contributed by atoms with Gasteiger partial charge in [0.15, 0.2) is 5.82 Å². The minimum atomic E-state index is -0.364. The lowest BCUT2D eigenvalue weighted by molar-refractivity contribution is 0.102. The molecule has 1 N–H and O–H groups in total. The van der Waals surface area contributed by atoms with E-state index >= 15 is 0 Å². The van der Waals surface area contributed by atoms with E-state index in [0.29, 0.717) is 29.9 Å². The average Bonchev–Trinajstić information content (AvgIpc) is 3.32. The Kier molecular flexibility index (Phi) is 4.03. The van der Waals surface area contributed by atoms with Crippen molar-refractivity contribution in [2.24, 2.45) is 5.92 Å². The number of hydrogen-bond acceptors (Lipinski definition) is 7. The Morgan fingerprint density at radius 3 is 2.76 bits per heavy atom. The van der Waals surface area contributed by atoms with Crippen LogP contribution in [-0.4, -0.2) is 42.2 Å². The lowest BCUT2D eigenvalue weighted by Crippen LogP contribution is -2.14. The SMILES string of the molecule is O=C(Nc1ccc(-n2cncn2)nc1)c1cnc(OCC2CC2)cn1. The second-order valence-corrected chi connectivity index (χ2v) is 5.69. The van der Waals surface area contributed by atoms with Crippen LogP contribution in [0.4, 0.5) is 5.69 Å². The molecule has 0 radical (unpaired) electrons. The van der Waals surface area contributed by atoms with Crippen molar-refractivity contribution in [1.29, 1.82) is 0 Å². The molecule has 0 aromatic carbocycles. The van der Waals surface area contributed by atoms with Crippen LogP contribution in [0.3, 0.4) is 0 Å². The summed E-state index contributed by atoms with van der Waals surface area (Å²) in [6.07, 6.45) is 9.78. The van der Waals surface area contributed by atoms with Crippen molar-refractivity contribution in [2.75, 3.05) is 11.9 Å². The molecule has 0 unspecified atom stereocenters. The number of nitrogens with zero attached hydrogens (tertiary/aromatic N) is 6. The lowest BCUT2D eigenvalue weighted by Gasteiger charge is -2.06. The molecule has 0 atom stereocenters. The number of aromatic nitrogens is 6. The monoisotopic (exact) mass is 337 g/mol. The topological polar surface area (TPSA) is 108 Å². The van der Waals surface area contributed by atoms with Gasteiger partial charge in [0.2, 0.25) is 5.88 Å². The molecule has 3 aromatic rings. The molecule has 1 fully saturated rings. The summed E-state index contributed by atoms with van der Waals surface area (Å²) in [5.74, 6) is 1.31. The quantitative estimate of drug-likeness (QED) is 0.726. The van der Waals surface area contributed by atoms with Crippen LogP contribution < -0.4 is 10.1 Å². The number of rotatable bonds is 6. The number of ether oxygens (including phenoxy) is 1. The first-order chi connectivity index (χ1) is 12.3. The molecule has 3 heterocycles. The van der Waals surface area contributed by atoms with Crippen LogP contribution in [-0.2, 0) is 0 Å². The molecule has 4 rings (SSSR count). The number of carbonyl (C=O) groups is 1. The summed E-state index contributed by atoms with van der Waals surface area (Å²) in [6, 6.07) is 3.45. The van der Waals surface area contributed by atoms with E-state index in [9.17, 15) is 4.79 Å². The Bertz CT molecular complexity index is 843. The van der Waals surface area contributed by atoms with Crippen molar-refractivity contribution in [2.45, 2.75) is 12.8 Å². The van der Waals surface area contributed by atoms with Crippen LogP contribution in [0.15, 0.2) is 43.4 Å². The summed E-state index contributed by atoms with van der Waals surface area (Å²) in [5, 5.41) is 6.71. The third-order valence-corrected chi connectivity index (χ3v) is 3.68. The molecular formula is C16H15N7O2. The van der Waals surface area contributed by atoms with E-state index in [1.807, 2.05) is 0 Å². The number of pyridine rings is 1. The molecule has 1 amide bonds. The molecule has 3 aromatic heterocycles. The van der Waals surface area contributed by atoms with E-state index in [-0.39, 0.29) is 11.6 Å². The van der Waals surface area contributed by atoms with Gasteiger partial charge in [0.25, 0.3) is 5.91 Å². The Hall–Kier alpha value is -3.36. The van der Waals surface area contributed by atoms with Gasteiger partial charge in [0.1, 0.15) is 18.3 Å². The van der Waals surface area contributed by atoms with Gasteiger partial charge in [0.05, 0.1) is 30.9 Å². The first-order valence-corrected chi connectivity index (χ1v) is 7.85. The Labute approximate surface area is 143 Å². The number of amides is 1.